The van der Waals surface area contributed by atoms with Crippen molar-refractivity contribution in [1.82, 2.24) is 9.78 Å². The molecule has 3 heteroatoms. The second kappa shape index (κ2) is 2.60. The number of aryl methyl sites for hydroxylation is 1. The molecule has 0 saturated heterocycles. The van der Waals surface area contributed by atoms with Crippen molar-refractivity contribution in [3.63, 3.8) is 0 Å². The molecule has 0 bridgehead atoms. The van der Waals surface area contributed by atoms with Gasteiger partial charge in [-0.25, -0.2) is 4.68 Å². The Balaban J connectivity index is 2.80. The molecule has 1 heterocycles. The molecule has 0 fully saturated rings. The van der Waals surface area contributed by atoms with E-state index in [1.165, 1.54) is 5.56 Å². The van der Waals surface area contributed by atoms with Crippen molar-refractivity contribution >= 4 is 10.9 Å². The monoisotopic (exact) mass is 162 g/mol. The minimum Gasteiger partial charge on any atom is -0.374 e. The van der Waals surface area contributed by atoms with Crippen LogP contribution >= 0.6 is 0 Å². The fourth-order valence-corrected chi connectivity index (χ4v) is 1.36. The average molecular weight is 162 g/mol. The molecule has 1 N–H and O–H groups in total. The van der Waals surface area contributed by atoms with E-state index < -0.39 is 0 Å². The summed E-state index contributed by atoms with van der Waals surface area (Å²) in [5, 5.41) is 14.1. The van der Waals surface area contributed by atoms with Gasteiger partial charge in [-0.15, -0.1) is 0 Å². The van der Waals surface area contributed by atoms with Gasteiger partial charge >= 0.3 is 0 Å². The minimum atomic E-state index is -0.0625. The van der Waals surface area contributed by atoms with E-state index in [9.17, 15) is 0 Å². The van der Waals surface area contributed by atoms with Crippen LogP contribution in [0.4, 0.5) is 0 Å². The third-order valence-corrected chi connectivity index (χ3v) is 2.04. The largest absolute Gasteiger partial charge is 0.374 e. The molecule has 0 radical (unpaired) electrons. The highest BCUT2D eigenvalue weighted by Gasteiger charge is 2.01. The summed E-state index contributed by atoms with van der Waals surface area (Å²) in [7, 11) is 0. The van der Waals surface area contributed by atoms with E-state index in [-0.39, 0.29) is 6.73 Å². The molecular weight excluding hydrogens is 152 g/mol. The molecule has 1 aromatic heterocycles. The lowest BCUT2D eigenvalue weighted by atomic mass is 10.1. The zero-order chi connectivity index (χ0) is 8.55. The number of hydrogen-bond donors (Lipinski definition) is 1. The Bertz CT molecular complexity index is 406. The fraction of sp³-hybridized carbons (Fsp3) is 0.222. The van der Waals surface area contributed by atoms with Gasteiger partial charge in [0.1, 0.15) is 6.73 Å². The molecule has 0 aliphatic heterocycles. The van der Waals surface area contributed by atoms with Gasteiger partial charge < -0.3 is 5.11 Å². The van der Waals surface area contributed by atoms with Crippen molar-refractivity contribution in [2.75, 3.05) is 0 Å². The van der Waals surface area contributed by atoms with Gasteiger partial charge in [-0.1, -0.05) is 12.1 Å². The van der Waals surface area contributed by atoms with Crippen molar-refractivity contribution in [1.29, 1.82) is 0 Å². The highest BCUT2D eigenvalue weighted by molar-refractivity contribution is 5.81. The summed E-state index contributed by atoms with van der Waals surface area (Å²) in [5.74, 6) is 0. The molecule has 0 aliphatic rings. The maximum Gasteiger partial charge on any atom is 0.136 e. The van der Waals surface area contributed by atoms with Gasteiger partial charge in [-0.3, -0.25) is 0 Å². The average Bonchev–Trinajstić information content (AvgIpc) is 2.49. The molecule has 0 unspecified atom stereocenters. The number of rotatable bonds is 1. The fourth-order valence-electron chi connectivity index (χ4n) is 1.36. The lowest BCUT2D eigenvalue weighted by molar-refractivity contribution is 0.200. The summed E-state index contributed by atoms with van der Waals surface area (Å²) < 4.78 is 1.57. The zero-order valence-corrected chi connectivity index (χ0v) is 6.86. The molecule has 0 aliphatic carbocycles. The summed E-state index contributed by atoms with van der Waals surface area (Å²) in [6.07, 6.45) is 1.78. The molecule has 62 valence electrons. The van der Waals surface area contributed by atoms with Gasteiger partial charge in [0.15, 0.2) is 0 Å². The van der Waals surface area contributed by atoms with E-state index in [0.717, 1.165) is 10.9 Å². The third kappa shape index (κ3) is 0.905. The van der Waals surface area contributed by atoms with Gasteiger partial charge in [-0.05, 0) is 18.6 Å². The highest BCUT2D eigenvalue weighted by Crippen LogP contribution is 2.16. The Hall–Kier alpha value is -1.35. The van der Waals surface area contributed by atoms with Gasteiger partial charge in [0.2, 0.25) is 0 Å². The van der Waals surface area contributed by atoms with Crippen LogP contribution in [-0.4, -0.2) is 14.9 Å². The normalized spacial score (nSPS) is 10.8. The number of nitrogens with zero attached hydrogens (tertiary/aromatic N) is 2. The molecule has 2 rings (SSSR count). The smallest absolute Gasteiger partial charge is 0.136 e. The predicted molar refractivity (Wildman–Crippen MR) is 46.7 cm³/mol. The first kappa shape index (κ1) is 7.31. The van der Waals surface area contributed by atoms with Crippen LogP contribution in [0.2, 0.25) is 0 Å². The van der Waals surface area contributed by atoms with Crippen molar-refractivity contribution in [3.05, 3.63) is 30.0 Å². The zero-order valence-electron chi connectivity index (χ0n) is 6.86. The van der Waals surface area contributed by atoms with E-state index in [2.05, 4.69) is 5.10 Å². The second-order valence-electron chi connectivity index (χ2n) is 2.79. The summed E-state index contributed by atoms with van der Waals surface area (Å²) >= 11 is 0. The van der Waals surface area contributed by atoms with Crippen LogP contribution in [0, 0.1) is 6.92 Å². The molecule has 0 amide bonds. The van der Waals surface area contributed by atoms with Gasteiger partial charge in [-0.2, -0.15) is 5.10 Å². The number of aliphatic hydroxyl groups is 1. The number of aliphatic hydroxyl groups excluding tert-OH is 1. The quantitative estimate of drug-likeness (QED) is 0.686. The molecule has 2 aromatic rings. The Labute approximate surface area is 70.2 Å². The van der Waals surface area contributed by atoms with Crippen LogP contribution in [0.1, 0.15) is 5.56 Å². The first-order chi connectivity index (χ1) is 5.83. The Kier molecular flexibility index (Phi) is 1.59. The minimum absolute atomic E-state index is 0.0625. The second-order valence-corrected chi connectivity index (χ2v) is 2.79. The van der Waals surface area contributed by atoms with E-state index in [1.807, 2.05) is 25.1 Å². The molecule has 3 nitrogen and oxygen atoms in total. The Morgan fingerprint density at radius 2 is 2.33 bits per heavy atom. The summed E-state index contributed by atoms with van der Waals surface area (Å²) in [6, 6.07) is 5.95. The molecule has 0 atom stereocenters. The van der Waals surface area contributed by atoms with Gasteiger partial charge in [0.05, 0.1) is 11.7 Å². The van der Waals surface area contributed by atoms with Gasteiger partial charge in [0, 0.05) is 5.39 Å². The number of hydrogen-bond acceptors (Lipinski definition) is 2. The summed E-state index contributed by atoms with van der Waals surface area (Å²) in [4.78, 5) is 0. The standard InChI is InChI=1S/C9H10N2O/c1-7-3-2-4-9-8(7)5-10-11(9)6-12/h2-5,12H,6H2,1H3. The Morgan fingerprint density at radius 1 is 1.50 bits per heavy atom. The summed E-state index contributed by atoms with van der Waals surface area (Å²) in [5.41, 5.74) is 2.17. The van der Waals surface area contributed by atoms with E-state index >= 15 is 0 Å². The number of fused-ring (bicyclic) bond motifs is 1. The first-order valence-corrected chi connectivity index (χ1v) is 3.85. The predicted octanol–water partition coefficient (Wildman–Crippen LogP) is 1.29. The molecule has 0 spiro atoms. The van der Waals surface area contributed by atoms with E-state index in [1.54, 1.807) is 10.9 Å². The summed E-state index contributed by atoms with van der Waals surface area (Å²) in [6.45, 7) is 1.97. The molecule has 12 heavy (non-hydrogen) atoms. The van der Waals surface area contributed by atoms with Crippen molar-refractivity contribution in [2.24, 2.45) is 0 Å². The molecule has 1 aromatic carbocycles. The lowest BCUT2D eigenvalue weighted by Gasteiger charge is -1.97. The molecule has 0 saturated carbocycles. The van der Waals surface area contributed by atoms with Crippen LogP contribution in [0.15, 0.2) is 24.4 Å². The Morgan fingerprint density at radius 3 is 3.08 bits per heavy atom. The van der Waals surface area contributed by atoms with Crippen molar-refractivity contribution in [2.45, 2.75) is 13.7 Å². The van der Waals surface area contributed by atoms with Crippen LogP contribution in [0.25, 0.3) is 10.9 Å². The van der Waals surface area contributed by atoms with Crippen molar-refractivity contribution < 1.29 is 5.11 Å². The first-order valence-electron chi connectivity index (χ1n) is 3.85. The maximum atomic E-state index is 8.92. The third-order valence-electron chi connectivity index (χ3n) is 2.04. The van der Waals surface area contributed by atoms with Gasteiger partial charge in [0.25, 0.3) is 0 Å². The highest BCUT2D eigenvalue weighted by atomic mass is 16.3. The molecular formula is C9H10N2O. The van der Waals surface area contributed by atoms with Crippen molar-refractivity contribution in [3.8, 4) is 0 Å². The van der Waals surface area contributed by atoms with Crippen LogP contribution < -0.4 is 0 Å². The SMILES string of the molecule is Cc1cccc2c1cnn2CO. The van der Waals surface area contributed by atoms with Crippen LogP contribution in [0.3, 0.4) is 0 Å². The lowest BCUT2D eigenvalue weighted by Crippen LogP contribution is -1.97. The number of benzene rings is 1. The van der Waals surface area contributed by atoms with E-state index in [4.69, 9.17) is 5.11 Å². The topological polar surface area (TPSA) is 38.0 Å². The number of aromatic nitrogens is 2. The van der Waals surface area contributed by atoms with E-state index in [0.29, 0.717) is 0 Å². The van der Waals surface area contributed by atoms with Crippen LogP contribution in [-0.2, 0) is 6.73 Å². The van der Waals surface area contributed by atoms with Crippen LogP contribution in [0.5, 0.6) is 0 Å². The maximum absolute atomic E-state index is 8.92.